The molecule has 0 aliphatic rings. The summed E-state index contributed by atoms with van der Waals surface area (Å²) in [5.74, 6) is 1.18. The van der Waals surface area contributed by atoms with Gasteiger partial charge < -0.3 is 0 Å². The first kappa shape index (κ1) is 11.2. The van der Waals surface area contributed by atoms with Crippen LogP contribution in [0.15, 0.2) is 4.47 Å². The van der Waals surface area contributed by atoms with Gasteiger partial charge in [-0.15, -0.1) is 0 Å². The molecule has 72 valence electrons. The van der Waals surface area contributed by atoms with Crippen molar-refractivity contribution in [3.63, 3.8) is 0 Å². The van der Waals surface area contributed by atoms with E-state index < -0.39 is 0 Å². The normalized spacial score (nSPS) is 10.9. The molecule has 1 aromatic heterocycles. The van der Waals surface area contributed by atoms with Gasteiger partial charge in [0.1, 0.15) is 16.1 Å². The lowest BCUT2D eigenvalue weighted by molar-refractivity contribution is 0.620. The second kappa shape index (κ2) is 4.58. The Balaban J connectivity index is 2.99. The molecule has 0 saturated heterocycles. The van der Waals surface area contributed by atoms with Crippen molar-refractivity contribution in [2.24, 2.45) is 5.92 Å². The van der Waals surface area contributed by atoms with Crippen molar-refractivity contribution in [3.05, 3.63) is 20.6 Å². The Morgan fingerprint density at radius 1 is 1.23 bits per heavy atom. The molecule has 0 aliphatic heterocycles. The van der Waals surface area contributed by atoms with Crippen LogP contribution in [0.25, 0.3) is 0 Å². The topological polar surface area (TPSA) is 25.8 Å². The van der Waals surface area contributed by atoms with E-state index in [9.17, 15) is 0 Å². The summed E-state index contributed by atoms with van der Waals surface area (Å²) in [7, 11) is 0. The fraction of sp³-hybridized carbons (Fsp3) is 0.500. The maximum absolute atomic E-state index is 5.82. The fourth-order valence-corrected chi connectivity index (χ4v) is 1.49. The van der Waals surface area contributed by atoms with Gasteiger partial charge in [-0.25, -0.2) is 9.97 Å². The highest BCUT2D eigenvalue weighted by molar-refractivity contribution is 9.10. The van der Waals surface area contributed by atoms with Crippen molar-refractivity contribution in [1.82, 2.24) is 9.97 Å². The molecule has 0 aliphatic carbocycles. The summed E-state index contributed by atoms with van der Waals surface area (Å²) in [6.07, 6.45) is 0.784. The Morgan fingerprint density at radius 2 is 1.69 bits per heavy atom. The Bertz CT molecular complexity index is 292. The minimum atomic E-state index is 0.371. The number of aromatic nitrogens is 2. The smallest absolute Gasteiger partial charge is 0.148 e. The minimum Gasteiger partial charge on any atom is -0.220 e. The SMILES string of the molecule is CC(C)Cc1nc(Cl)c(Br)c(Cl)n1. The molecule has 0 saturated carbocycles. The molecule has 1 heterocycles. The van der Waals surface area contributed by atoms with Gasteiger partial charge in [-0.05, 0) is 21.8 Å². The molecule has 5 heteroatoms. The summed E-state index contributed by atoms with van der Waals surface area (Å²) in [5.41, 5.74) is 0. The number of rotatable bonds is 2. The maximum atomic E-state index is 5.82. The van der Waals surface area contributed by atoms with Crippen molar-refractivity contribution in [1.29, 1.82) is 0 Å². The molecule has 1 aromatic rings. The van der Waals surface area contributed by atoms with Crippen LogP contribution in [0.3, 0.4) is 0 Å². The Morgan fingerprint density at radius 3 is 2.08 bits per heavy atom. The largest absolute Gasteiger partial charge is 0.220 e. The zero-order valence-electron chi connectivity index (χ0n) is 7.31. The zero-order valence-corrected chi connectivity index (χ0v) is 10.4. The highest BCUT2D eigenvalue weighted by atomic mass is 79.9. The molecule has 1 rings (SSSR count). The first-order chi connectivity index (χ1) is 6.00. The number of hydrogen-bond donors (Lipinski definition) is 0. The lowest BCUT2D eigenvalue weighted by atomic mass is 10.1. The highest BCUT2D eigenvalue weighted by Crippen LogP contribution is 2.27. The van der Waals surface area contributed by atoms with Crippen molar-refractivity contribution in [2.75, 3.05) is 0 Å². The quantitative estimate of drug-likeness (QED) is 0.773. The van der Waals surface area contributed by atoms with Gasteiger partial charge in [-0.3, -0.25) is 0 Å². The van der Waals surface area contributed by atoms with Crippen molar-refractivity contribution in [2.45, 2.75) is 20.3 Å². The van der Waals surface area contributed by atoms with Crippen molar-refractivity contribution in [3.8, 4) is 0 Å². The molecule has 0 radical (unpaired) electrons. The van der Waals surface area contributed by atoms with Gasteiger partial charge in [0.25, 0.3) is 0 Å². The van der Waals surface area contributed by atoms with E-state index in [1.807, 2.05) is 0 Å². The summed E-state index contributed by atoms with van der Waals surface area (Å²) in [6, 6.07) is 0. The van der Waals surface area contributed by atoms with Gasteiger partial charge in [0, 0.05) is 6.42 Å². The third-order valence-electron chi connectivity index (χ3n) is 1.41. The molecule has 13 heavy (non-hydrogen) atoms. The Labute approximate surface area is 95.8 Å². The van der Waals surface area contributed by atoms with Crippen LogP contribution in [-0.4, -0.2) is 9.97 Å². The maximum Gasteiger partial charge on any atom is 0.148 e. The van der Waals surface area contributed by atoms with Gasteiger partial charge in [-0.2, -0.15) is 0 Å². The van der Waals surface area contributed by atoms with Crippen LogP contribution >= 0.6 is 39.1 Å². The molecule has 0 spiro atoms. The van der Waals surface area contributed by atoms with E-state index >= 15 is 0 Å². The van der Waals surface area contributed by atoms with E-state index in [1.165, 1.54) is 0 Å². The first-order valence-corrected chi connectivity index (χ1v) is 5.43. The summed E-state index contributed by atoms with van der Waals surface area (Å²) < 4.78 is 0.559. The standard InChI is InChI=1S/C8H9BrCl2N2/c1-4(2)3-5-12-7(10)6(9)8(11)13-5/h4H,3H2,1-2H3. The summed E-state index contributed by atoms with van der Waals surface area (Å²) in [6.45, 7) is 4.18. The third-order valence-corrected chi connectivity index (χ3v) is 3.16. The average Bonchev–Trinajstić information content (AvgIpc) is 1.98. The van der Waals surface area contributed by atoms with Gasteiger partial charge in [-0.1, -0.05) is 37.0 Å². The molecule has 0 fully saturated rings. The molecular weight excluding hydrogens is 275 g/mol. The zero-order chi connectivity index (χ0) is 10.0. The lowest BCUT2D eigenvalue weighted by Crippen LogP contribution is -2.01. The average molecular weight is 284 g/mol. The second-order valence-electron chi connectivity index (χ2n) is 3.13. The second-order valence-corrected chi connectivity index (χ2v) is 4.64. The molecule has 0 amide bonds. The van der Waals surface area contributed by atoms with E-state index in [2.05, 4.69) is 39.7 Å². The van der Waals surface area contributed by atoms with Crippen LogP contribution in [0.4, 0.5) is 0 Å². The number of halogens is 3. The van der Waals surface area contributed by atoms with Crippen LogP contribution in [-0.2, 0) is 6.42 Å². The minimum absolute atomic E-state index is 0.371. The molecular formula is C8H9BrCl2N2. The highest BCUT2D eigenvalue weighted by Gasteiger charge is 2.09. The molecule has 0 atom stereocenters. The van der Waals surface area contributed by atoms with Crippen LogP contribution < -0.4 is 0 Å². The summed E-state index contributed by atoms with van der Waals surface area (Å²) in [4.78, 5) is 8.19. The molecule has 0 unspecified atom stereocenters. The molecule has 0 N–H and O–H groups in total. The predicted octanol–water partition coefficient (Wildman–Crippen LogP) is 3.74. The van der Waals surface area contributed by atoms with Crippen molar-refractivity contribution < 1.29 is 0 Å². The van der Waals surface area contributed by atoms with Crippen LogP contribution in [0, 0.1) is 5.92 Å². The van der Waals surface area contributed by atoms with Gasteiger partial charge in [0.05, 0.1) is 4.47 Å². The van der Waals surface area contributed by atoms with Gasteiger partial charge in [0.2, 0.25) is 0 Å². The van der Waals surface area contributed by atoms with E-state index in [0.29, 0.717) is 26.5 Å². The third kappa shape index (κ3) is 3.08. The van der Waals surface area contributed by atoms with E-state index in [-0.39, 0.29) is 0 Å². The van der Waals surface area contributed by atoms with Gasteiger partial charge in [0.15, 0.2) is 0 Å². The fourth-order valence-electron chi connectivity index (χ4n) is 0.891. The molecule has 0 aromatic carbocycles. The van der Waals surface area contributed by atoms with Crippen LogP contribution in [0.5, 0.6) is 0 Å². The van der Waals surface area contributed by atoms with Crippen LogP contribution in [0.1, 0.15) is 19.7 Å². The Hall–Kier alpha value is 0.140. The van der Waals surface area contributed by atoms with E-state index in [4.69, 9.17) is 23.2 Å². The monoisotopic (exact) mass is 282 g/mol. The number of hydrogen-bond acceptors (Lipinski definition) is 2. The van der Waals surface area contributed by atoms with Crippen molar-refractivity contribution >= 4 is 39.1 Å². The first-order valence-electron chi connectivity index (χ1n) is 3.88. The lowest BCUT2D eigenvalue weighted by Gasteiger charge is -2.05. The van der Waals surface area contributed by atoms with Gasteiger partial charge >= 0.3 is 0 Å². The number of nitrogens with zero attached hydrogens (tertiary/aromatic N) is 2. The molecule has 2 nitrogen and oxygen atoms in total. The van der Waals surface area contributed by atoms with E-state index in [1.54, 1.807) is 0 Å². The predicted molar refractivity (Wildman–Crippen MR) is 58.3 cm³/mol. The summed E-state index contributed by atoms with van der Waals surface area (Å²) >= 11 is 14.8. The summed E-state index contributed by atoms with van der Waals surface area (Å²) in [5, 5.41) is 0.742. The Kier molecular flexibility index (Phi) is 3.95. The van der Waals surface area contributed by atoms with E-state index in [0.717, 1.165) is 6.42 Å². The molecule has 0 bridgehead atoms. The van der Waals surface area contributed by atoms with Crippen LogP contribution in [0.2, 0.25) is 10.3 Å².